The Bertz CT molecular complexity index is 937. The van der Waals surface area contributed by atoms with Crippen LogP contribution in [0.3, 0.4) is 0 Å². The molecule has 140 valence electrons. The lowest BCUT2D eigenvalue weighted by Crippen LogP contribution is -2.14. The Morgan fingerprint density at radius 2 is 2.00 bits per heavy atom. The summed E-state index contributed by atoms with van der Waals surface area (Å²) >= 11 is 13.9. The summed E-state index contributed by atoms with van der Waals surface area (Å²) in [6, 6.07) is 12.6. The van der Waals surface area contributed by atoms with Crippen LogP contribution in [0.5, 0.6) is 5.75 Å². The van der Waals surface area contributed by atoms with Gasteiger partial charge in [0.25, 0.3) is 0 Å². The second kappa shape index (κ2) is 9.59. The standard InChI is InChI=1S/C17H13Br2ClN4O2S/c18-10-1-6-13(19)14(7-10)21-16(25)9-27-17-22-15(23-24-17)8-26-12-4-2-11(20)3-5-12/h1-7H,8-9H2,(H,21,25)(H,22,23,24). The number of anilines is 1. The third-order valence-corrected chi connectivity index (χ3v) is 5.52. The molecule has 1 aromatic heterocycles. The van der Waals surface area contributed by atoms with Gasteiger partial charge >= 0.3 is 0 Å². The van der Waals surface area contributed by atoms with Gasteiger partial charge in [0.05, 0.1) is 11.4 Å². The van der Waals surface area contributed by atoms with Gasteiger partial charge in [0.2, 0.25) is 11.1 Å². The summed E-state index contributed by atoms with van der Waals surface area (Å²) in [7, 11) is 0. The molecule has 3 aromatic rings. The van der Waals surface area contributed by atoms with Crippen LogP contribution in [-0.4, -0.2) is 26.8 Å². The molecule has 3 rings (SSSR count). The first-order valence-corrected chi connectivity index (χ1v) is 10.6. The Kier molecular flexibility index (Phi) is 7.17. The third kappa shape index (κ3) is 6.24. The fourth-order valence-electron chi connectivity index (χ4n) is 2.00. The summed E-state index contributed by atoms with van der Waals surface area (Å²) in [4.78, 5) is 16.4. The highest BCUT2D eigenvalue weighted by molar-refractivity contribution is 9.11. The van der Waals surface area contributed by atoms with E-state index in [9.17, 15) is 4.79 Å². The predicted octanol–water partition coefficient (Wildman–Crippen LogP) is 5.29. The van der Waals surface area contributed by atoms with Gasteiger partial charge in [0, 0.05) is 14.0 Å². The number of aromatic amines is 1. The highest BCUT2D eigenvalue weighted by Crippen LogP contribution is 2.26. The van der Waals surface area contributed by atoms with E-state index in [0.29, 0.717) is 27.4 Å². The van der Waals surface area contributed by atoms with Crippen molar-refractivity contribution in [1.82, 2.24) is 15.2 Å². The van der Waals surface area contributed by atoms with Crippen LogP contribution >= 0.6 is 55.2 Å². The van der Waals surface area contributed by atoms with Gasteiger partial charge in [-0.2, -0.15) is 0 Å². The Labute approximate surface area is 181 Å². The number of thioether (sulfide) groups is 1. The monoisotopic (exact) mass is 530 g/mol. The lowest BCUT2D eigenvalue weighted by Gasteiger charge is -2.07. The second-order valence-electron chi connectivity index (χ2n) is 5.27. The number of rotatable bonds is 7. The molecular formula is C17H13Br2ClN4O2S. The Morgan fingerprint density at radius 3 is 2.78 bits per heavy atom. The number of aromatic nitrogens is 3. The number of hydrogen-bond donors (Lipinski definition) is 2. The first kappa shape index (κ1) is 20.2. The van der Waals surface area contributed by atoms with Gasteiger partial charge in [-0.15, -0.1) is 5.10 Å². The second-order valence-corrected chi connectivity index (χ2v) is 8.42. The molecule has 0 bridgehead atoms. The molecule has 0 atom stereocenters. The quantitative estimate of drug-likeness (QED) is 0.404. The van der Waals surface area contributed by atoms with Crippen molar-refractivity contribution in [1.29, 1.82) is 0 Å². The minimum Gasteiger partial charge on any atom is -0.486 e. The summed E-state index contributed by atoms with van der Waals surface area (Å²) in [6.07, 6.45) is 0. The maximum absolute atomic E-state index is 12.1. The number of benzene rings is 2. The molecule has 0 fully saturated rings. The van der Waals surface area contributed by atoms with Gasteiger partial charge < -0.3 is 10.1 Å². The Morgan fingerprint density at radius 1 is 1.22 bits per heavy atom. The maximum Gasteiger partial charge on any atom is 0.234 e. The lowest BCUT2D eigenvalue weighted by atomic mass is 10.3. The molecule has 0 aliphatic heterocycles. The number of nitrogens with one attached hydrogen (secondary N) is 2. The maximum atomic E-state index is 12.1. The fraction of sp³-hybridized carbons (Fsp3) is 0.118. The SMILES string of the molecule is O=C(CSc1n[nH]c(COc2ccc(Cl)cc2)n1)Nc1cc(Br)ccc1Br. The van der Waals surface area contributed by atoms with Gasteiger partial charge in [-0.1, -0.05) is 39.3 Å². The summed E-state index contributed by atoms with van der Waals surface area (Å²) in [5.41, 5.74) is 0.696. The van der Waals surface area contributed by atoms with Crippen LogP contribution in [0.4, 0.5) is 5.69 Å². The molecule has 1 amide bonds. The molecule has 27 heavy (non-hydrogen) atoms. The van der Waals surface area contributed by atoms with Crippen LogP contribution in [0, 0.1) is 0 Å². The summed E-state index contributed by atoms with van der Waals surface area (Å²) in [5, 5.41) is 10.8. The van der Waals surface area contributed by atoms with Crippen LogP contribution in [0.2, 0.25) is 5.02 Å². The van der Waals surface area contributed by atoms with Gasteiger partial charge in [-0.3, -0.25) is 9.89 Å². The predicted molar refractivity (Wildman–Crippen MR) is 113 cm³/mol. The zero-order valence-corrected chi connectivity index (χ0v) is 18.5. The molecule has 0 saturated carbocycles. The summed E-state index contributed by atoms with van der Waals surface area (Å²) in [6.45, 7) is 0.242. The zero-order valence-electron chi connectivity index (χ0n) is 13.7. The van der Waals surface area contributed by atoms with Crippen LogP contribution in [0.15, 0.2) is 56.6 Å². The molecule has 6 nitrogen and oxygen atoms in total. The smallest absolute Gasteiger partial charge is 0.234 e. The van der Waals surface area contributed by atoms with Crippen LogP contribution < -0.4 is 10.1 Å². The normalized spacial score (nSPS) is 10.6. The summed E-state index contributed by atoms with van der Waals surface area (Å²) in [5.74, 6) is 1.29. The average Bonchev–Trinajstić information content (AvgIpc) is 3.10. The molecule has 10 heteroatoms. The van der Waals surface area contributed by atoms with Crippen molar-refractivity contribution in [2.24, 2.45) is 0 Å². The number of nitrogens with zero attached hydrogens (tertiary/aromatic N) is 2. The molecule has 2 aromatic carbocycles. The molecule has 0 unspecified atom stereocenters. The highest BCUT2D eigenvalue weighted by atomic mass is 79.9. The third-order valence-electron chi connectivity index (χ3n) is 3.24. The summed E-state index contributed by atoms with van der Waals surface area (Å²) < 4.78 is 7.29. The van der Waals surface area contributed by atoms with E-state index in [1.165, 1.54) is 11.8 Å². The number of amides is 1. The van der Waals surface area contributed by atoms with Crippen LogP contribution in [0.1, 0.15) is 5.82 Å². The van der Waals surface area contributed by atoms with Gasteiger partial charge in [0.15, 0.2) is 5.82 Å². The van der Waals surface area contributed by atoms with E-state index in [1.807, 2.05) is 18.2 Å². The van der Waals surface area contributed by atoms with Crippen molar-refractivity contribution in [3.05, 3.63) is 62.3 Å². The van der Waals surface area contributed by atoms with Crippen molar-refractivity contribution in [2.75, 3.05) is 11.1 Å². The Balaban J connectivity index is 1.48. The first-order chi connectivity index (χ1) is 13.0. The van der Waals surface area contributed by atoms with E-state index in [2.05, 4.69) is 52.4 Å². The highest BCUT2D eigenvalue weighted by Gasteiger charge is 2.10. The van der Waals surface area contributed by atoms with E-state index in [-0.39, 0.29) is 18.3 Å². The van der Waals surface area contributed by atoms with Crippen molar-refractivity contribution >= 4 is 66.8 Å². The van der Waals surface area contributed by atoms with Crippen LogP contribution in [0.25, 0.3) is 0 Å². The fourth-order valence-corrected chi connectivity index (χ4v) is 3.45. The average molecular weight is 533 g/mol. The number of ether oxygens (including phenoxy) is 1. The minimum absolute atomic E-state index is 0.150. The van der Waals surface area contributed by atoms with Gasteiger partial charge in [0.1, 0.15) is 12.4 Å². The zero-order chi connectivity index (χ0) is 19.2. The van der Waals surface area contributed by atoms with Crippen molar-refractivity contribution in [3.63, 3.8) is 0 Å². The molecular weight excluding hydrogens is 520 g/mol. The number of carbonyl (C=O) groups excluding carboxylic acids is 1. The molecule has 0 spiro atoms. The van der Waals surface area contributed by atoms with Gasteiger partial charge in [-0.05, 0) is 58.4 Å². The Hall–Kier alpha value is -1.55. The molecule has 2 N–H and O–H groups in total. The van der Waals surface area contributed by atoms with E-state index < -0.39 is 0 Å². The molecule has 0 radical (unpaired) electrons. The topological polar surface area (TPSA) is 79.9 Å². The first-order valence-electron chi connectivity index (χ1n) is 7.67. The van der Waals surface area contributed by atoms with E-state index >= 15 is 0 Å². The number of hydrogen-bond acceptors (Lipinski definition) is 5. The van der Waals surface area contributed by atoms with Crippen LogP contribution in [-0.2, 0) is 11.4 Å². The largest absolute Gasteiger partial charge is 0.486 e. The molecule has 0 aliphatic carbocycles. The van der Waals surface area contributed by atoms with Gasteiger partial charge in [-0.25, -0.2) is 4.98 Å². The number of halogens is 3. The van der Waals surface area contributed by atoms with Crippen molar-refractivity contribution in [3.8, 4) is 5.75 Å². The van der Waals surface area contributed by atoms with E-state index in [4.69, 9.17) is 16.3 Å². The van der Waals surface area contributed by atoms with Crippen molar-refractivity contribution < 1.29 is 9.53 Å². The van der Waals surface area contributed by atoms with E-state index in [1.54, 1.807) is 24.3 Å². The number of carbonyl (C=O) groups is 1. The lowest BCUT2D eigenvalue weighted by molar-refractivity contribution is -0.113. The molecule has 0 aliphatic rings. The van der Waals surface area contributed by atoms with Crippen molar-refractivity contribution in [2.45, 2.75) is 11.8 Å². The molecule has 0 saturated heterocycles. The minimum atomic E-state index is -0.150. The van der Waals surface area contributed by atoms with E-state index in [0.717, 1.165) is 8.95 Å². The number of H-pyrrole nitrogens is 1. The molecule has 1 heterocycles.